The maximum Gasteiger partial charge on any atom is 0.136 e. The van der Waals surface area contributed by atoms with Gasteiger partial charge in [-0.05, 0) is 13.3 Å². The van der Waals surface area contributed by atoms with Crippen LogP contribution in [0, 0.1) is 23.7 Å². The van der Waals surface area contributed by atoms with Gasteiger partial charge < -0.3 is 0 Å². The molecule has 126 valence electrons. The van der Waals surface area contributed by atoms with Gasteiger partial charge in [0.2, 0.25) is 0 Å². The van der Waals surface area contributed by atoms with Crippen LogP contribution in [0.3, 0.4) is 0 Å². The summed E-state index contributed by atoms with van der Waals surface area (Å²) in [7, 11) is 0. The first kappa shape index (κ1) is 20.7. The molecule has 0 aromatic rings. The summed E-state index contributed by atoms with van der Waals surface area (Å²) in [6, 6.07) is 0. The second kappa shape index (κ2) is 9.65. The predicted octanol–water partition coefficient (Wildman–Crippen LogP) is 3.41. The SMILES string of the molecule is CCC(C)C(=O)CC(C)C(=O)CC(C)C(=O)CC(C)C(C)=O. The molecule has 0 spiro atoms. The Hall–Kier alpha value is -1.32. The minimum Gasteiger partial charge on any atom is -0.300 e. The van der Waals surface area contributed by atoms with Crippen LogP contribution < -0.4 is 0 Å². The maximum atomic E-state index is 12.2. The average molecular weight is 310 g/mol. The summed E-state index contributed by atoms with van der Waals surface area (Å²) in [4.78, 5) is 47.2. The molecule has 4 atom stereocenters. The molecule has 0 aliphatic carbocycles. The van der Waals surface area contributed by atoms with Crippen LogP contribution in [-0.4, -0.2) is 23.1 Å². The predicted molar refractivity (Wildman–Crippen MR) is 86.5 cm³/mol. The third-order valence-electron chi connectivity index (χ3n) is 4.48. The highest BCUT2D eigenvalue weighted by Crippen LogP contribution is 2.18. The molecule has 0 aromatic carbocycles. The summed E-state index contributed by atoms with van der Waals surface area (Å²) >= 11 is 0. The molecule has 4 nitrogen and oxygen atoms in total. The van der Waals surface area contributed by atoms with Crippen molar-refractivity contribution in [3.05, 3.63) is 0 Å². The summed E-state index contributed by atoms with van der Waals surface area (Å²) in [5, 5.41) is 0. The Labute approximate surface area is 134 Å². The fraction of sp³-hybridized carbons (Fsp3) is 0.778. The second-order valence-electron chi connectivity index (χ2n) is 6.63. The van der Waals surface area contributed by atoms with E-state index in [-0.39, 0.29) is 60.1 Å². The maximum absolute atomic E-state index is 12.2. The van der Waals surface area contributed by atoms with Gasteiger partial charge in [0.25, 0.3) is 0 Å². The smallest absolute Gasteiger partial charge is 0.136 e. The highest BCUT2D eigenvalue weighted by molar-refractivity contribution is 5.93. The summed E-state index contributed by atoms with van der Waals surface area (Å²) in [6.45, 7) is 10.5. The van der Waals surface area contributed by atoms with Gasteiger partial charge in [-0.3, -0.25) is 19.2 Å². The molecule has 0 bridgehead atoms. The van der Waals surface area contributed by atoms with Crippen LogP contribution in [0.1, 0.15) is 67.2 Å². The van der Waals surface area contributed by atoms with E-state index in [1.54, 1.807) is 20.8 Å². The molecule has 0 aromatic heterocycles. The molecule has 0 radical (unpaired) electrons. The van der Waals surface area contributed by atoms with Crippen molar-refractivity contribution < 1.29 is 19.2 Å². The number of rotatable bonds is 11. The molecular formula is C18H30O4. The molecular weight excluding hydrogens is 280 g/mol. The molecule has 0 rings (SSSR count). The lowest BCUT2D eigenvalue weighted by atomic mass is 9.86. The molecule has 0 N–H and O–H groups in total. The Morgan fingerprint density at radius 1 is 0.636 bits per heavy atom. The quantitative estimate of drug-likeness (QED) is 0.586. The van der Waals surface area contributed by atoms with Crippen molar-refractivity contribution in [3.63, 3.8) is 0 Å². The summed E-state index contributed by atoms with van der Waals surface area (Å²) in [5.74, 6) is -1.07. The summed E-state index contributed by atoms with van der Waals surface area (Å²) in [6.07, 6.45) is 1.36. The topological polar surface area (TPSA) is 68.3 Å². The summed E-state index contributed by atoms with van der Waals surface area (Å²) < 4.78 is 0. The largest absolute Gasteiger partial charge is 0.300 e. The van der Waals surface area contributed by atoms with E-state index < -0.39 is 5.92 Å². The van der Waals surface area contributed by atoms with E-state index in [0.717, 1.165) is 6.42 Å². The van der Waals surface area contributed by atoms with E-state index in [1.807, 2.05) is 13.8 Å². The van der Waals surface area contributed by atoms with Gasteiger partial charge in [0, 0.05) is 42.9 Å². The molecule has 4 heteroatoms. The van der Waals surface area contributed by atoms with E-state index in [9.17, 15) is 19.2 Å². The van der Waals surface area contributed by atoms with E-state index in [4.69, 9.17) is 0 Å². The van der Waals surface area contributed by atoms with Gasteiger partial charge in [-0.2, -0.15) is 0 Å². The minimum atomic E-state index is -0.393. The molecule has 22 heavy (non-hydrogen) atoms. The highest BCUT2D eigenvalue weighted by atomic mass is 16.1. The molecule has 4 unspecified atom stereocenters. The van der Waals surface area contributed by atoms with Gasteiger partial charge in [-0.25, -0.2) is 0 Å². The monoisotopic (exact) mass is 310 g/mol. The molecule has 0 amide bonds. The fourth-order valence-corrected chi connectivity index (χ4v) is 2.11. The van der Waals surface area contributed by atoms with E-state index in [1.165, 1.54) is 6.92 Å². The molecule has 0 saturated heterocycles. The average Bonchev–Trinajstić information content (AvgIpc) is 2.45. The van der Waals surface area contributed by atoms with Crippen molar-refractivity contribution in [2.24, 2.45) is 23.7 Å². The van der Waals surface area contributed by atoms with Crippen molar-refractivity contribution in [1.29, 1.82) is 0 Å². The second-order valence-corrected chi connectivity index (χ2v) is 6.63. The number of hydrogen-bond donors (Lipinski definition) is 0. The van der Waals surface area contributed by atoms with Crippen molar-refractivity contribution in [2.75, 3.05) is 0 Å². The van der Waals surface area contributed by atoms with Gasteiger partial charge in [0.05, 0.1) is 0 Å². The van der Waals surface area contributed by atoms with E-state index in [0.29, 0.717) is 0 Å². The number of carbonyl (C=O) groups is 4. The lowest BCUT2D eigenvalue weighted by Crippen LogP contribution is -2.24. The highest BCUT2D eigenvalue weighted by Gasteiger charge is 2.25. The third kappa shape index (κ3) is 7.10. The van der Waals surface area contributed by atoms with E-state index in [2.05, 4.69) is 0 Å². The Morgan fingerprint density at radius 3 is 1.27 bits per heavy atom. The summed E-state index contributed by atoms with van der Waals surface area (Å²) in [5.41, 5.74) is 0. The third-order valence-corrected chi connectivity index (χ3v) is 4.48. The Balaban J connectivity index is 4.42. The first-order valence-electron chi connectivity index (χ1n) is 8.18. The van der Waals surface area contributed by atoms with Crippen molar-refractivity contribution in [1.82, 2.24) is 0 Å². The van der Waals surface area contributed by atoms with Gasteiger partial charge >= 0.3 is 0 Å². The van der Waals surface area contributed by atoms with Crippen molar-refractivity contribution >= 4 is 23.1 Å². The minimum absolute atomic E-state index is 0.0144. The molecule has 0 saturated carbocycles. The molecule has 0 aliphatic heterocycles. The number of ketones is 4. The van der Waals surface area contributed by atoms with Gasteiger partial charge in [-0.1, -0.05) is 34.6 Å². The van der Waals surface area contributed by atoms with Crippen LogP contribution in [0.5, 0.6) is 0 Å². The Bertz CT molecular complexity index is 425. The van der Waals surface area contributed by atoms with Crippen LogP contribution in [0.15, 0.2) is 0 Å². The van der Waals surface area contributed by atoms with Crippen LogP contribution in [0.4, 0.5) is 0 Å². The molecule has 0 fully saturated rings. The van der Waals surface area contributed by atoms with Gasteiger partial charge in [0.15, 0.2) is 0 Å². The van der Waals surface area contributed by atoms with Gasteiger partial charge in [-0.15, -0.1) is 0 Å². The number of hydrogen-bond acceptors (Lipinski definition) is 4. The Morgan fingerprint density at radius 2 is 0.955 bits per heavy atom. The molecule has 0 aliphatic rings. The van der Waals surface area contributed by atoms with Crippen LogP contribution in [-0.2, 0) is 19.2 Å². The normalized spacial score (nSPS) is 16.5. The van der Waals surface area contributed by atoms with E-state index >= 15 is 0 Å². The number of carbonyl (C=O) groups excluding carboxylic acids is 4. The zero-order valence-electron chi connectivity index (χ0n) is 14.8. The van der Waals surface area contributed by atoms with Crippen molar-refractivity contribution in [2.45, 2.75) is 67.2 Å². The van der Waals surface area contributed by atoms with Crippen LogP contribution in [0.2, 0.25) is 0 Å². The van der Waals surface area contributed by atoms with Gasteiger partial charge in [0.1, 0.15) is 23.1 Å². The molecule has 0 heterocycles. The first-order chi connectivity index (χ1) is 10.1. The van der Waals surface area contributed by atoms with Crippen LogP contribution >= 0.6 is 0 Å². The van der Waals surface area contributed by atoms with Crippen LogP contribution in [0.25, 0.3) is 0 Å². The Kier molecular flexibility index (Phi) is 9.07. The first-order valence-corrected chi connectivity index (χ1v) is 8.18. The standard InChI is InChI=1S/C18H30O4/c1-7-11(2)16(20)9-13(4)18(22)10-14(5)17(21)8-12(3)15(6)19/h11-14H,7-10H2,1-6H3. The van der Waals surface area contributed by atoms with Crippen molar-refractivity contribution in [3.8, 4) is 0 Å². The number of Topliss-reactive ketones (excluding diaryl/α,β-unsaturated/α-hetero) is 4. The lowest BCUT2D eigenvalue weighted by molar-refractivity contribution is -0.132. The zero-order chi connectivity index (χ0) is 17.4. The fourth-order valence-electron chi connectivity index (χ4n) is 2.11. The lowest BCUT2D eigenvalue weighted by Gasteiger charge is -2.16. The zero-order valence-corrected chi connectivity index (χ0v) is 14.8.